The van der Waals surface area contributed by atoms with Gasteiger partial charge >= 0.3 is 0 Å². The Morgan fingerprint density at radius 1 is 1.25 bits per heavy atom. The molecule has 0 bridgehead atoms. The lowest BCUT2D eigenvalue weighted by Gasteiger charge is -2.25. The van der Waals surface area contributed by atoms with E-state index >= 15 is 0 Å². The van der Waals surface area contributed by atoms with Gasteiger partial charge in [-0.25, -0.2) is 0 Å². The number of nitrogens with one attached hydrogen (secondary N) is 2. The maximum atomic E-state index is 12.3. The molecule has 0 aliphatic carbocycles. The van der Waals surface area contributed by atoms with Crippen molar-refractivity contribution in [2.45, 2.75) is 25.9 Å². The molecule has 2 aromatic rings. The second kappa shape index (κ2) is 5.43. The van der Waals surface area contributed by atoms with Gasteiger partial charge in [-0.2, -0.15) is 0 Å². The normalized spacial score (nSPS) is 17.4. The Morgan fingerprint density at radius 3 is 2.85 bits per heavy atom. The molecule has 2 heterocycles. The number of fused-ring (bicyclic) bond motifs is 1. The quantitative estimate of drug-likeness (QED) is 0.875. The number of anilines is 1. The number of nitrogens with zero attached hydrogens (tertiary/aromatic N) is 1. The number of amides is 1. The van der Waals surface area contributed by atoms with Crippen molar-refractivity contribution in [2.24, 2.45) is 0 Å². The first-order valence-corrected chi connectivity index (χ1v) is 6.76. The summed E-state index contributed by atoms with van der Waals surface area (Å²) in [6.45, 7) is 2.62. The minimum atomic E-state index is -0.190. The van der Waals surface area contributed by atoms with Crippen LogP contribution in [0.1, 0.15) is 16.8 Å². The van der Waals surface area contributed by atoms with Crippen LogP contribution in [0, 0.1) is 6.92 Å². The highest BCUT2D eigenvalue weighted by Crippen LogP contribution is 2.18. The average Bonchev–Trinajstić information content (AvgIpc) is 2.49. The lowest BCUT2D eigenvalue weighted by Crippen LogP contribution is -2.44. The van der Waals surface area contributed by atoms with E-state index in [4.69, 9.17) is 0 Å². The maximum absolute atomic E-state index is 12.3. The zero-order valence-electron chi connectivity index (χ0n) is 11.4. The monoisotopic (exact) mass is 267 g/mol. The van der Waals surface area contributed by atoms with Crippen molar-refractivity contribution in [2.75, 3.05) is 5.32 Å². The van der Waals surface area contributed by atoms with Crippen LogP contribution in [0.15, 0.2) is 42.6 Å². The Bertz CT molecular complexity index is 639. The summed E-state index contributed by atoms with van der Waals surface area (Å²) < 4.78 is 0. The Labute approximate surface area is 118 Å². The molecular weight excluding hydrogens is 250 g/mol. The minimum Gasteiger partial charge on any atom is -0.323 e. The first-order chi connectivity index (χ1) is 9.74. The molecule has 3 rings (SSSR count). The second-order valence-corrected chi connectivity index (χ2v) is 5.03. The van der Waals surface area contributed by atoms with Gasteiger partial charge in [-0.3, -0.25) is 9.78 Å². The van der Waals surface area contributed by atoms with Gasteiger partial charge in [0.05, 0.1) is 17.4 Å². The number of carbonyl (C=O) groups is 1. The number of hydrogen-bond donors (Lipinski definition) is 2. The van der Waals surface area contributed by atoms with Gasteiger partial charge in [0.1, 0.15) is 0 Å². The van der Waals surface area contributed by atoms with Crippen molar-refractivity contribution in [1.29, 1.82) is 0 Å². The van der Waals surface area contributed by atoms with Gasteiger partial charge in [-0.15, -0.1) is 0 Å². The Balaban J connectivity index is 1.72. The molecule has 0 fully saturated rings. The van der Waals surface area contributed by atoms with Gasteiger partial charge in [-0.05, 0) is 36.6 Å². The number of carbonyl (C=O) groups excluding carboxylic acids is 1. The fraction of sp³-hybridized carbons (Fsp3) is 0.250. The smallest absolute Gasteiger partial charge is 0.241 e. The molecular formula is C16H17N3O. The zero-order chi connectivity index (χ0) is 13.9. The highest BCUT2D eigenvalue weighted by molar-refractivity contribution is 5.95. The van der Waals surface area contributed by atoms with Gasteiger partial charge < -0.3 is 10.6 Å². The van der Waals surface area contributed by atoms with E-state index in [0.29, 0.717) is 0 Å². The van der Waals surface area contributed by atoms with Crippen LogP contribution in [-0.4, -0.2) is 16.9 Å². The van der Waals surface area contributed by atoms with Crippen molar-refractivity contribution in [3.63, 3.8) is 0 Å². The largest absolute Gasteiger partial charge is 0.323 e. The number of aryl methyl sites for hydroxylation is 1. The fourth-order valence-electron chi connectivity index (χ4n) is 2.48. The zero-order valence-corrected chi connectivity index (χ0v) is 11.4. The average molecular weight is 267 g/mol. The van der Waals surface area contributed by atoms with E-state index in [1.54, 1.807) is 6.20 Å². The highest BCUT2D eigenvalue weighted by atomic mass is 16.2. The van der Waals surface area contributed by atoms with Gasteiger partial charge in [0, 0.05) is 12.7 Å². The van der Waals surface area contributed by atoms with Crippen molar-refractivity contribution >= 4 is 11.6 Å². The molecule has 0 spiro atoms. The molecule has 4 heteroatoms. The number of benzene rings is 1. The summed E-state index contributed by atoms with van der Waals surface area (Å²) in [5.74, 6) is -0.00407. The second-order valence-electron chi connectivity index (χ2n) is 5.03. The summed E-state index contributed by atoms with van der Waals surface area (Å²) in [6.07, 6.45) is 2.45. The third-order valence-electron chi connectivity index (χ3n) is 3.66. The molecule has 1 aromatic heterocycles. The standard InChI is InChI=1S/C16H17N3O/c1-11-14(7-4-8-17-11)19-16(20)15-9-12-5-2-3-6-13(12)10-18-15/h2-8,15,18H,9-10H2,1H3,(H,19,20)/t15-/m0/s1. The van der Waals surface area contributed by atoms with Gasteiger partial charge in [0.25, 0.3) is 0 Å². The Hall–Kier alpha value is -2.20. The number of aromatic nitrogens is 1. The number of hydrogen-bond acceptors (Lipinski definition) is 3. The van der Waals surface area contributed by atoms with Crippen LogP contribution >= 0.6 is 0 Å². The Morgan fingerprint density at radius 2 is 2.05 bits per heavy atom. The lowest BCUT2D eigenvalue weighted by atomic mass is 9.95. The molecule has 1 aliphatic rings. The molecule has 1 aromatic carbocycles. The van der Waals surface area contributed by atoms with Crippen LogP contribution in [0.25, 0.3) is 0 Å². The summed E-state index contributed by atoms with van der Waals surface area (Å²) in [7, 11) is 0. The molecule has 1 aliphatic heterocycles. The van der Waals surface area contributed by atoms with Crippen LogP contribution in [0.5, 0.6) is 0 Å². The summed E-state index contributed by atoms with van der Waals surface area (Å²) in [4.78, 5) is 16.5. The first-order valence-electron chi connectivity index (χ1n) is 6.76. The van der Waals surface area contributed by atoms with E-state index in [1.807, 2.05) is 31.2 Å². The molecule has 2 N–H and O–H groups in total. The summed E-state index contributed by atoms with van der Waals surface area (Å²) >= 11 is 0. The molecule has 0 unspecified atom stereocenters. The van der Waals surface area contributed by atoms with E-state index in [0.717, 1.165) is 24.3 Å². The Kier molecular flexibility index (Phi) is 3.48. The van der Waals surface area contributed by atoms with Gasteiger partial charge in [-0.1, -0.05) is 24.3 Å². The molecule has 4 nitrogen and oxygen atoms in total. The van der Waals surface area contributed by atoms with E-state index < -0.39 is 0 Å². The van der Waals surface area contributed by atoms with E-state index in [-0.39, 0.29) is 11.9 Å². The third kappa shape index (κ3) is 2.56. The molecule has 0 saturated carbocycles. The third-order valence-corrected chi connectivity index (χ3v) is 3.66. The number of pyridine rings is 1. The van der Waals surface area contributed by atoms with Crippen molar-refractivity contribution < 1.29 is 4.79 Å². The van der Waals surface area contributed by atoms with Crippen LogP contribution in [0.4, 0.5) is 5.69 Å². The lowest BCUT2D eigenvalue weighted by molar-refractivity contribution is -0.118. The summed E-state index contributed by atoms with van der Waals surface area (Å²) in [6, 6.07) is 11.7. The van der Waals surface area contributed by atoms with Crippen molar-refractivity contribution in [3.05, 3.63) is 59.4 Å². The molecule has 102 valence electrons. The fourth-order valence-corrected chi connectivity index (χ4v) is 2.48. The van der Waals surface area contributed by atoms with Crippen molar-refractivity contribution in [1.82, 2.24) is 10.3 Å². The van der Waals surface area contributed by atoms with E-state index in [9.17, 15) is 4.79 Å². The number of rotatable bonds is 2. The molecule has 1 amide bonds. The molecule has 0 radical (unpaired) electrons. The first kappa shape index (κ1) is 12.8. The van der Waals surface area contributed by atoms with Gasteiger partial charge in [0.15, 0.2) is 0 Å². The minimum absolute atomic E-state index is 0.00407. The molecule has 20 heavy (non-hydrogen) atoms. The van der Waals surface area contributed by atoms with Gasteiger partial charge in [0.2, 0.25) is 5.91 Å². The molecule has 0 saturated heterocycles. The van der Waals surface area contributed by atoms with Crippen LogP contribution in [0.3, 0.4) is 0 Å². The highest BCUT2D eigenvalue weighted by Gasteiger charge is 2.24. The van der Waals surface area contributed by atoms with Crippen LogP contribution < -0.4 is 10.6 Å². The van der Waals surface area contributed by atoms with Crippen LogP contribution in [-0.2, 0) is 17.8 Å². The topological polar surface area (TPSA) is 54.0 Å². The maximum Gasteiger partial charge on any atom is 0.241 e. The predicted octanol–water partition coefficient (Wildman–Crippen LogP) is 2.04. The van der Waals surface area contributed by atoms with Crippen LogP contribution in [0.2, 0.25) is 0 Å². The molecule has 1 atom stereocenters. The van der Waals surface area contributed by atoms with Crippen molar-refractivity contribution in [3.8, 4) is 0 Å². The van der Waals surface area contributed by atoms with E-state index in [2.05, 4.69) is 27.8 Å². The SMILES string of the molecule is Cc1ncccc1NC(=O)[C@@H]1Cc2ccccc2CN1. The summed E-state index contributed by atoms with van der Waals surface area (Å²) in [5, 5.41) is 6.23. The predicted molar refractivity (Wildman–Crippen MR) is 78.4 cm³/mol. The van der Waals surface area contributed by atoms with E-state index in [1.165, 1.54) is 11.1 Å². The summed E-state index contributed by atoms with van der Waals surface area (Å²) in [5.41, 5.74) is 4.12.